The lowest BCUT2D eigenvalue weighted by Gasteiger charge is -2.37. The number of carbonyl (C=O) groups excluding carboxylic acids is 1. The van der Waals surface area contributed by atoms with Gasteiger partial charge in [-0.05, 0) is 36.0 Å². The van der Waals surface area contributed by atoms with E-state index in [1.165, 1.54) is 6.42 Å². The molecule has 1 heteroatoms. The Bertz CT molecular complexity index is 330. The molecule has 13 heavy (non-hydrogen) atoms. The van der Waals surface area contributed by atoms with Crippen molar-refractivity contribution in [1.29, 1.82) is 0 Å². The van der Waals surface area contributed by atoms with Gasteiger partial charge in [0, 0.05) is 11.8 Å². The first-order chi connectivity index (χ1) is 6.30. The zero-order valence-electron chi connectivity index (χ0n) is 7.81. The molecule has 0 saturated heterocycles. The minimum absolute atomic E-state index is 0.444. The molecule has 0 aromatic carbocycles. The molecule has 4 fully saturated rings. The summed E-state index contributed by atoms with van der Waals surface area (Å²) in [5.74, 6) is 5.37. The second-order valence-corrected chi connectivity index (χ2v) is 5.37. The van der Waals surface area contributed by atoms with Crippen molar-refractivity contribution in [2.24, 2.45) is 41.4 Å². The summed E-state index contributed by atoms with van der Waals surface area (Å²) < 4.78 is 0. The van der Waals surface area contributed by atoms with Gasteiger partial charge in [-0.15, -0.1) is 0 Å². The zero-order valence-corrected chi connectivity index (χ0v) is 7.81. The van der Waals surface area contributed by atoms with Gasteiger partial charge in [-0.3, -0.25) is 4.79 Å². The highest BCUT2D eigenvalue weighted by molar-refractivity contribution is 5.92. The van der Waals surface area contributed by atoms with Gasteiger partial charge in [-0.1, -0.05) is 19.1 Å². The minimum atomic E-state index is 0.444. The van der Waals surface area contributed by atoms with Gasteiger partial charge < -0.3 is 0 Å². The van der Waals surface area contributed by atoms with E-state index in [-0.39, 0.29) is 0 Å². The Morgan fingerprint density at radius 2 is 2.15 bits per heavy atom. The van der Waals surface area contributed by atoms with Gasteiger partial charge >= 0.3 is 0 Å². The molecule has 68 valence electrons. The number of hydrogen-bond donors (Lipinski definition) is 0. The van der Waals surface area contributed by atoms with Crippen molar-refractivity contribution in [3.05, 3.63) is 12.2 Å². The number of ketones is 1. The van der Waals surface area contributed by atoms with Crippen molar-refractivity contribution in [2.45, 2.75) is 13.3 Å². The minimum Gasteiger partial charge on any atom is -0.299 e. The maximum absolute atomic E-state index is 11.9. The monoisotopic (exact) mass is 174 g/mol. The van der Waals surface area contributed by atoms with Crippen LogP contribution in [0.25, 0.3) is 0 Å². The lowest BCUT2D eigenvalue weighted by atomic mass is 9.66. The maximum Gasteiger partial charge on any atom is 0.140 e. The molecule has 0 amide bonds. The molecule has 5 aliphatic rings. The van der Waals surface area contributed by atoms with Crippen LogP contribution in [-0.4, -0.2) is 5.78 Å². The van der Waals surface area contributed by atoms with E-state index in [1.807, 2.05) is 0 Å². The smallest absolute Gasteiger partial charge is 0.140 e. The van der Waals surface area contributed by atoms with Crippen LogP contribution in [0.15, 0.2) is 12.2 Å². The van der Waals surface area contributed by atoms with Crippen LogP contribution in [0.1, 0.15) is 13.3 Å². The van der Waals surface area contributed by atoms with E-state index in [9.17, 15) is 4.79 Å². The lowest BCUT2D eigenvalue weighted by Crippen LogP contribution is -2.38. The normalized spacial score (nSPS) is 65.6. The van der Waals surface area contributed by atoms with Gasteiger partial charge in [0.05, 0.1) is 0 Å². The average molecular weight is 174 g/mol. The van der Waals surface area contributed by atoms with Gasteiger partial charge in [0.1, 0.15) is 5.78 Å². The van der Waals surface area contributed by atoms with E-state index >= 15 is 0 Å². The summed E-state index contributed by atoms with van der Waals surface area (Å²) >= 11 is 0. The number of hydrogen-bond acceptors (Lipinski definition) is 1. The first-order valence-corrected chi connectivity index (χ1v) is 5.51. The van der Waals surface area contributed by atoms with E-state index in [4.69, 9.17) is 0 Å². The summed E-state index contributed by atoms with van der Waals surface area (Å²) in [5.41, 5.74) is 0. The number of carbonyl (C=O) groups is 1. The molecule has 0 aromatic heterocycles. The maximum atomic E-state index is 11.9. The summed E-state index contributed by atoms with van der Waals surface area (Å²) in [7, 11) is 0. The quantitative estimate of drug-likeness (QED) is 0.512. The Morgan fingerprint density at radius 1 is 1.31 bits per heavy atom. The van der Waals surface area contributed by atoms with Crippen LogP contribution < -0.4 is 0 Å². The standard InChI is InChI=1S/C12H14O/c1-5-8-6-3-2-4-7(6)10-9(5)11(10)12(8)13/h2,4-11H,3H2,1H3/t5?,6-,7+,8+,9-,10+,11+/m1/s1. The fourth-order valence-electron chi connectivity index (χ4n) is 4.73. The average Bonchev–Trinajstić information content (AvgIpc) is 2.59. The van der Waals surface area contributed by atoms with Crippen molar-refractivity contribution in [2.75, 3.05) is 0 Å². The van der Waals surface area contributed by atoms with E-state index in [0.29, 0.717) is 29.5 Å². The molecular formula is C12H14O. The summed E-state index contributed by atoms with van der Waals surface area (Å²) in [6.07, 6.45) is 5.89. The van der Waals surface area contributed by atoms with Crippen molar-refractivity contribution >= 4 is 5.78 Å². The molecule has 0 spiro atoms. The Kier molecular flexibility index (Phi) is 0.928. The van der Waals surface area contributed by atoms with Crippen LogP contribution in [0.4, 0.5) is 0 Å². The molecule has 7 atom stereocenters. The predicted octanol–water partition coefficient (Wildman–Crippen LogP) is 1.89. The van der Waals surface area contributed by atoms with Gasteiger partial charge in [0.25, 0.3) is 0 Å². The molecular weight excluding hydrogens is 160 g/mol. The van der Waals surface area contributed by atoms with Crippen molar-refractivity contribution in [3.63, 3.8) is 0 Å². The molecule has 0 aromatic rings. The Hall–Kier alpha value is -0.590. The summed E-state index contributed by atoms with van der Waals surface area (Å²) in [5, 5.41) is 0. The Labute approximate surface area is 78.2 Å². The number of allylic oxidation sites excluding steroid dienone is 2. The predicted molar refractivity (Wildman–Crippen MR) is 48.9 cm³/mol. The molecule has 4 saturated carbocycles. The molecule has 1 unspecified atom stereocenters. The van der Waals surface area contributed by atoms with Gasteiger partial charge in [-0.25, -0.2) is 0 Å². The van der Waals surface area contributed by atoms with Crippen LogP contribution in [0.5, 0.6) is 0 Å². The highest BCUT2D eigenvalue weighted by Gasteiger charge is 2.73. The Balaban J connectivity index is 1.85. The second-order valence-electron chi connectivity index (χ2n) is 5.37. The lowest BCUT2D eigenvalue weighted by molar-refractivity contribution is -0.129. The third kappa shape index (κ3) is 0.536. The van der Waals surface area contributed by atoms with E-state index in [1.54, 1.807) is 0 Å². The third-order valence-electron chi connectivity index (χ3n) is 5.13. The molecule has 5 rings (SSSR count). The van der Waals surface area contributed by atoms with E-state index in [2.05, 4.69) is 19.1 Å². The fourth-order valence-corrected chi connectivity index (χ4v) is 4.73. The molecule has 5 aliphatic carbocycles. The fraction of sp³-hybridized carbons (Fsp3) is 0.750. The van der Waals surface area contributed by atoms with Crippen molar-refractivity contribution in [1.82, 2.24) is 0 Å². The van der Waals surface area contributed by atoms with Gasteiger partial charge in [0.15, 0.2) is 0 Å². The molecule has 0 N–H and O–H groups in total. The highest BCUT2D eigenvalue weighted by Crippen LogP contribution is 2.72. The van der Waals surface area contributed by atoms with Crippen LogP contribution in [0.3, 0.4) is 0 Å². The molecule has 0 aliphatic heterocycles. The third-order valence-corrected chi connectivity index (χ3v) is 5.13. The molecule has 0 heterocycles. The Morgan fingerprint density at radius 3 is 2.85 bits per heavy atom. The van der Waals surface area contributed by atoms with Crippen LogP contribution in [0, 0.1) is 41.4 Å². The topological polar surface area (TPSA) is 17.1 Å². The first kappa shape index (κ1) is 6.80. The first-order valence-electron chi connectivity index (χ1n) is 5.51. The van der Waals surface area contributed by atoms with Crippen LogP contribution in [0.2, 0.25) is 0 Å². The number of rotatable bonds is 0. The number of Topliss-reactive ketones (excluding diaryl/α,β-unsaturated/α-hetero) is 1. The second kappa shape index (κ2) is 1.77. The molecule has 4 bridgehead atoms. The van der Waals surface area contributed by atoms with Crippen LogP contribution in [-0.2, 0) is 4.79 Å². The van der Waals surface area contributed by atoms with Crippen LogP contribution >= 0.6 is 0 Å². The van der Waals surface area contributed by atoms with E-state index < -0.39 is 0 Å². The highest BCUT2D eigenvalue weighted by atomic mass is 16.1. The molecule has 0 radical (unpaired) electrons. The summed E-state index contributed by atoms with van der Waals surface area (Å²) in [4.78, 5) is 11.9. The van der Waals surface area contributed by atoms with Gasteiger partial charge in [-0.2, -0.15) is 0 Å². The SMILES string of the molecule is CC1[C@H]2[C@@H]3C(=O)[C@@H]1[C@@H]1CC=C[C@@H]1[C@H]32. The summed E-state index contributed by atoms with van der Waals surface area (Å²) in [6, 6.07) is 0. The summed E-state index contributed by atoms with van der Waals surface area (Å²) in [6.45, 7) is 2.31. The zero-order chi connectivity index (χ0) is 8.74. The van der Waals surface area contributed by atoms with Crippen molar-refractivity contribution in [3.8, 4) is 0 Å². The van der Waals surface area contributed by atoms with Crippen molar-refractivity contribution < 1.29 is 4.79 Å². The molecule has 1 nitrogen and oxygen atoms in total. The largest absolute Gasteiger partial charge is 0.299 e. The van der Waals surface area contributed by atoms with E-state index in [0.717, 1.165) is 17.8 Å². The van der Waals surface area contributed by atoms with Gasteiger partial charge in [0.2, 0.25) is 0 Å².